The largest absolute Gasteiger partial charge is 0.497 e. The maximum Gasteiger partial charge on any atom is 0.326 e. The number of carbonyl (C=O) groups is 1. The Bertz CT molecular complexity index is 948. The smallest absolute Gasteiger partial charge is 0.326 e. The van der Waals surface area contributed by atoms with Crippen molar-refractivity contribution in [1.29, 1.82) is 0 Å². The van der Waals surface area contributed by atoms with Gasteiger partial charge in [-0.05, 0) is 24.3 Å². The van der Waals surface area contributed by atoms with Gasteiger partial charge < -0.3 is 14.2 Å². The monoisotopic (exact) mass is 433 g/mol. The summed E-state index contributed by atoms with van der Waals surface area (Å²) in [5.41, 5.74) is 0.197. The quantitative estimate of drug-likeness (QED) is 0.622. The zero-order valence-corrected chi connectivity index (χ0v) is 17.1. The molecule has 10 heteroatoms. The Balaban J connectivity index is 2.63. The van der Waals surface area contributed by atoms with Crippen LogP contribution in [-0.4, -0.2) is 42.3 Å². The van der Waals surface area contributed by atoms with E-state index in [9.17, 15) is 13.2 Å². The van der Waals surface area contributed by atoms with Crippen LogP contribution in [0.1, 0.15) is 0 Å². The number of methoxy groups -OCH3 is 3. The molecule has 0 atom stereocenters. The highest BCUT2D eigenvalue weighted by atomic mass is 35.5. The fourth-order valence-corrected chi connectivity index (χ4v) is 4.47. The summed E-state index contributed by atoms with van der Waals surface area (Å²) in [6, 6.07) is 8.86. The number of carbonyl (C=O) groups excluding carboxylic acids is 1. The molecule has 0 unspecified atom stereocenters. The lowest BCUT2D eigenvalue weighted by atomic mass is 10.3. The second-order valence-corrected chi connectivity index (χ2v) is 7.77. The van der Waals surface area contributed by atoms with Crippen LogP contribution in [-0.2, 0) is 19.6 Å². The number of esters is 1. The molecule has 0 aliphatic rings. The summed E-state index contributed by atoms with van der Waals surface area (Å²) in [5.74, 6) is -0.116. The highest BCUT2D eigenvalue weighted by Crippen LogP contribution is 2.38. The van der Waals surface area contributed by atoms with Crippen LogP contribution in [0, 0.1) is 0 Å². The lowest BCUT2D eigenvalue weighted by Crippen LogP contribution is -2.36. The van der Waals surface area contributed by atoms with Crippen LogP contribution in [0.5, 0.6) is 11.5 Å². The molecular weight excluding hydrogens is 417 g/mol. The average Bonchev–Trinajstić information content (AvgIpc) is 2.67. The van der Waals surface area contributed by atoms with E-state index >= 15 is 0 Å². The second-order valence-electron chi connectivity index (χ2n) is 5.18. The molecule has 0 aliphatic carbocycles. The topological polar surface area (TPSA) is 82.1 Å². The standard InChI is InChI=1S/C17H17Cl2NO6S/c1-24-12-6-4-5-11(9-12)20(10-15(21)26-3)27(22,23)14-8-7-13(25-2)16(18)17(14)19/h4-9H,10H2,1-3H3. The highest BCUT2D eigenvalue weighted by Gasteiger charge is 2.31. The zero-order chi connectivity index (χ0) is 20.2. The van der Waals surface area contributed by atoms with Crippen LogP contribution in [0.3, 0.4) is 0 Å². The lowest BCUT2D eigenvalue weighted by molar-refractivity contribution is -0.138. The van der Waals surface area contributed by atoms with Crippen molar-refractivity contribution in [2.75, 3.05) is 32.2 Å². The number of sulfonamides is 1. The molecule has 2 rings (SSSR count). The normalized spacial score (nSPS) is 11.0. The molecule has 0 fully saturated rings. The third-order valence-corrected chi connectivity index (χ3v) is 6.43. The Hall–Kier alpha value is -2.16. The maximum absolute atomic E-state index is 13.2. The van der Waals surface area contributed by atoms with Crippen molar-refractivity contribution in [1.82, 2.24) is 0 Å². The zero-order valence-electron chi connectivity index (χ0n) is 14.7. The minimum Gasteiger partial charge on any atom is -0.497 e. The molecule has 27 heavy (non-hydrogen) atoms. The third-order valence-electron chi connectivity index (χ3n) is 3.64. The number of rotatable bonds is 7. The van der Waals surface area contributed by atoms with Gasteiger partial charge in [-0.15, -0.1) is 0 Å². The predicted octanol–water partition coefficient (Wildman–Crippen LogP) is 3.38. The van der Waals surface area contributed by atoms with E-state index in [0.717, 1.165) is 11.4 Å². The molecule has 0 spiro atoms. The first kappa shape index (κ1) is 21.1. The molecule has 0 aliphatic heterocycles. The predicted molar refractivity (Wildman–Crippen MR) is 103 cm³/mol. The van der Waals surface area contributed by atoms with Crippen LogP contribution in [0.15, 0.2) is 41.3 Å². The molecule has 146 valence electrons. The summed E-state index contributed by atoms with van der Waals surface area (Å²) in [4.78, 5) is 11.6. The molecule has 0 amide bonds. The van der Waals surface area contributed by atoms with Crippen molar-refractivity contribution < 1.29 is 27.4 Å². The Labute approximate surface area is 167 Å². The number of nitrogens with zero attached hydrogens (tertiary/aromatic N) is 1. The van der Waals surface area contributed by atoms with E-state index in [2.05, 4.69) is 4.74 Å². The molecule has 2 aromatic rings. The summed E-state index contributed by atoms with van der Waals surface area (Å²) < 4.78 is 42.2. The molecular formula is C17H17Cl2NO6S. The van der Waals surface area contributed by atoms with Crippen molar-refractivity contribution >= 4 is 44.9 Å². The first-order valence-electron chi connectivity index (χ1n) is 7.51. The molecule has 0 saturated carbocycles. The van der Waals surface area contributed by atoms with Crippen molar-refractivity contribution in [2.24, 2.45) is 0 Å². The number of halogens is 2. The van der Waals surface area contributed by atoms with Gasteiger partial charge in [-0.1, -0.05) is 29.3 Å². The highest BCUT2D eigenvalue weighted by molar-refractivity contribution is 7.93. The molecule has 7 nitrogen and oxygen atoms in total. The first-order chi connectivity index (χ1) is 12.8. The Kier molecular flexibility index (Phi) is 6.80. The van der Waals surface area contributed by atoms with Gasteiger partial charge in [0.2, 0.25) is 0 Å². The lowest BCUT2D eigenvalue weighted by Gasteiger charge is -2.24. The van der Waals surface area contributed by atoms with Gasteiger partial charge in [0.25, 0.3) is 10.0 Å². The first-order valence-corrected chi connectivity index (χ1v) is 9.71. The number of hydrogen-bond donors (Lipinski definition) is 0. The third kappa shape index (κ3) is 4.40. The SMILES string of the molecule is COC(=O)CN(c1cccc(OC)c1)S(=O)(=O)c1ccc(OC)c(Cl)c1Cl. The van der Waals surface area contributed by atoms with E-state index < -0.39 is 22.5 Å². The van der Waals surface area contributed by atoms with Crippen LogP contribution in [0.4, 0.5) is 5.69 Å². The van der Waals surface area contributed by atoms with Crippen LogP contribution >= 0.6 is 23.2 Å². The summed E-state index contributed by atoms with van der Waals surface area (Å²) in [5, 5.41) is -0.266. The molecule has 2 aromatic carbocycles. The fraction of sp³-hybridized carbons (Fsp3) is 0.235. The Morgan fingerprint density at radius 3 is 2.33 bits per heavy atom. The summed E-state index contributed by atoms with van der Waals surface area (Å²) in [6.45, 7) is -0.564. The number of ether oxygens (including phenoxy) is 3. The van der Waals surface area contributed by atoms with Gasteiger partial charge in [0, 0.05) is 6.07 Å². The van der Waals surface area contributed by atoms with E-state index in [1.807, 2.05) is 0 Å². The second kappa shape index (κ2) is 8.69. The summed E-state index contributed by atoms with van der Waals surface area (Å²) in [6.07, 6.45) is 0. The molecule has 0 N–H and O–H groups in total. The van der Waals surface area contributed by atoms with Crippen molar-refractivity contribution in [3.63, 3.8) is 0 Å². The van der Waals surface area contributed by atoms with Gasteiger partial charge in [0.1, 0.15) is 28.0 Å². The number of benzene rings is 2. The summed E-state index contributed by atoms with van der Waals surface area (Å²) in [7, 11) is -0.271. The number of anilines is 1. The van der Waals surface area contributed by atoms with Crippen LogP contribution in [0.25, 0.3) is 0 Å². The van der Waals surface area contributed by atoms with E-state index in [4.69, 9.17) is 32.7 Å². The van der Waals surface area contributed by atoms with Gasteiger partial charge >= 0.3 is 5.97 Å². The molecule has 0 radical (unpaired) electrons. The maximum atomic E-state index is 13.2. The van der Waals surface area contributed by atoms with Crippen LogP contribution < -0.4 is 13.8 Å². The fourth-order valence-electron chi connectivity index (χ4n) is 2.25. The average molecular weight is 434 g/mol. The van der Waals surface area contributed by atoms with Gasteiger partial charge in [0.15, 0.2) is 0 Å². The Morgan fingerprint density at radius 1 is 1.04 bits per heavy atom. The van der Waals surface area contributed by atoms with Crippen molar-refractivity contribution in [3.05, 3.63) is 46.4 Å². The minimum atomic E-state index is -4.26. The molecule has 0 saturated heterocycles. The van der Waals surface area contributed by atoms with Crippen molar-refractivity contribution in [3.8, 4) is 11.5 Å². The molecule has 0 bridgehead atoms. The molecule has 0 aromatic heterocycles. The van der Waals surface area contributed by atoms with E-state index in [1.165, 1.54) is 38.5 Å². The summed E-state index contributed by atoms with van der Waals surface area (Å²) >= 11 is 12.2. The molecule has 0 heterocycles. The minimum absolute atomic E-state index is 0.0519. The van der Waals surface area contributed by atoms with Gasteiger partial charge in [0.05, 0.1) is 32.0 Å². The van der Waals surface area contributed by atoms with E-state index in [1.54, 1.807) is 12.1 Å². The van der Waals surface area contributed by atoms with E-state index in [-0.39, 0.29) is 26.4 Å². The number of hydrogen-bond acceptors (Lipinski definition) is 6. The van der Waals surface area contributed by atoms with Crippen molar-refractivity contribution in [2.45, 2.75) is 4.90 Å². The van der Waals surface area contributed by atoms with E-state index in [0.29, 0.717) is 5.75 Å². The van der Waals surface area contributed by atoms with Crippen LogP contribution in [0.2, 0.25) is 10.0 Å². The van der Waals surface area contributed by atoms with Gasteiger partial charge in [-0.2, -0.15) is 0 Å². The van der Waals surface area contributed by atoms with Gasteiger partial charge in [-0.25, -0.2) is 8.42 Å². The Morgan fingerprint density at radius 2 is 1.74 bits per heavy atom. The van der Waals surface area contributed by atoms with Gasteiger partial charge in [-0.3, -0.25) is 9.10 Å².